The van der Waals surface area contributed by atoms with Crippen molar-refractivity contribution in [1.82, 2.24) is 15.5 Å². The van der Waals surface area contributed by atoms with Crippen molar-refractivity contribution in [2.24, 2.45) is 5.92 Å². The fourth-order valence-corrected chi connectivity index (χ4v) is 3.56. The highest BCUT2D eigenvalue weighted by Gasteiger charge is 2.34. The molecule has 1 saturated carbocycles. The molecule has 9 heteroatoms. The number of aliphatic hydroxyl groups is 2. The quantitative estimate of drug-likeness (QED) is 0.369. The summed E-state index contributed by atoms with van der Waals surface area (Å²) in [5.41, 5.74) is 1.07. The Morgan fingerprint density at radius 2 is 1.52 bits per heavy atom. The average molecular weight is 433 g/mol. The van der Waals surface area contributed by atoms with Gasteiger partial charge < -0.3 is 30.6 Å². The number of carbonyl (C=O) groups is 3. The van der Waals surface area contributed by atoms with Crippen LogP contribution in [0, 0.1) is 5.92 Å². The lowest BCUT2D eigenvalue weighted by atomic mass is 10.1. The van der Waals surface area contributed by atoms with Crippen molar-refractivity contribution >= 4 is 23.4 Å². The van der Waals surface area contributed by atoms with Crippen LogP contribution in [0.3, 0.4) is 0 Å². The van der Waals surface area contributed by atoms with Crippen LogP contribution in [-0.4, -0.2) is 84.3 Å². The summed E-state index contributed by atoms with van der Waals surface area (Å²) >= 11 is 0. The van der Waals surface area contributed by atoms with Crippen molar-refractivity contribution in [2.75, 3.05) is 44.2 Å². The monoisotopic (exact) mass is 432 g/mol. The summed E-state index contributed by atoms with van der Waals surface area (Å²) in [6, 6.07) is 9.85. The summed E-state index contributed by atoms with van der Waals surface area (Å²) in [7, 11) is 0. The molecule has 0 radical (unpaired) electrons. The first-order chi connectivity index (χ1) is 15.0. The number of benzene rings is 1. The van der Waals surface area contributed by atoms with Crippen LogP contribution in [0.15, 0.2) is 30.3 Å². The third kappa shape index (κ3) is 6.67. The van der Waals surface area contributed by atoms with Crippen LogP contribution in [-0.2, 0) is 14.4 Å². The van der Waals surface area contributed by atoms with E-state index in [0.717, 1.165) is 18.5 Å². The molecule has 170 valence electrons. The van der Waals surface area contributed by atoms with Crippen molar-refractivity contribution in [3.8, 4) is 0 Å². The van der Waals surface area contributed by atoms with Gasteiger partial charge in [-0.15, -0.1) is 0 Å². The molecule has 3 amide bonds. The van der Waals surface area contributed by atoms with Crippen LogP contribution in [0.2, 0.25) is 0 Å². The molecule has 0 spiro atoms. The van der Waals surface area contributed by atoms with E-state index >= 15 is 0 Å². The predicted molar refractivity (Wildman–Crippen MR) is 115 cm³/mol. The van der Waals surface area contributed by atoms with Crippen molar-refractivity contribution in [2.45, 2.75) is 37.9 Å². The molecular weight excluding hydrogens is 400 g/mol. The van der Waals surface area contributed by atoms with Gasteiger partial charge in [0.05, 0.1) is 0 Å². The molecule has 1 heterocycles. The van der Waals surface area contributed by atoms with E-state index in [4.69, 9.17) is 0 Å². The molecule has 31 heavy (non-hydrogen) atoms. The topological polar surface area (TPSA) is 122 Å². The molecule has 9 nitrogen and oxygen atoms in total. The number of rotatable bonds is 10. The normalized spacial score (nSPS) is 18.3. The zero-order valence-electron chi connectivity index (χ0n) is 17.7. The first-order valence-electron chi connectivity index (χ1n) is 11.0. The zero-order valence-corrected chi connectivity index (χ0v) is 17.7. The van der Waals surface area contributed by atoms with Gasteiger partial charge in [0, 0.05) is 50.9 Å². The second kappa shape index (κ2) is 11.1. The smallest absolute Gasteiger partial charge is 0.254 e. The van der Waals surface area contributed by atoms with Crippen LogP contribution in [0.1, 0.15) is 25.7 Å². The second-order valence-electron chi connectivity index (χ2n) is 8.10. The molecule has 2 fully saturated rings. The Morgan fingerprint density at radius 1 is 0.903 bits per heavy atom. The summed E-state index contributed by atoms with van der Waals surface area (Å²) in [6.45, 7) is 2.89. The highest BCUT2D eigenvalue weighted by atomic mass is 16.3. The van der Waals surface area contributed by atoms with Gasteiger partial charge in [-0.1, -0.05) is 18.2 Å². The lowest BCUT2D eigenvalue weighted by Gasteiger charge is -2.37. The maximum absolute atomic E-state index is 12.5. The number of para-hydroxylation sites is 1. The van der Waals surface area contributed by atoms with Gasteiger partial charge >= 0.3 is 0 Å². The molecule has 1 aliphatic heterocycles. The fraction of sp³-hybridized carbons (Fsp3) is 0.591. The molecular formula is C22H32N4O5. The molecule has 0 aromatic heterocycles. The maximum Gasteiger partial charge on any atom is 0.254 e. The molecule has 3 rings (SSSR count). The van der Waals surface area contributed by atoms with Crippen LogP contribution < -0.4 is 15.5 Å². The first-order valence-corrected chi connectivity index (χ1v) is 11.0. The van der Waals surface area contributed by atoms with Gasteiger partial charge in [0.25, 0.3) is 11.8 Å². The fourth-order valence-electron chi connectivity index (χ4n) is 3.56. The van der Waals surface area contributed by atoms with Crippen LogP contribution in [0.4, 0.5) is 5.69 Å². The van der Waals surface area contributed by atoms with Gasteiger partial charge in [-0.2, -0.15) is 0 Å². The molecule has 1 aliphatic carbocycles. The molecule has 4 N–H and O–H groups in total. The number of unbranched alkanes of at least 4 members (excludes halogenated alkanes) is 1. The minimum atomic E-state index is -1.81. The van der Waals surface area contributed by atoms with Gasteiger partial charge in [0.2, 0.25) is 5.91 Å². The van der Waals surface area contributed by atoms with E-state index in [9.17, 15) is 24.6 Å². The third-order valence-electron chi connectivity index (χ3n) is 5.68. The number of aliphatic hydroxyl groups excluding tert-OH is 2. The zero-order chi connectivity index (χ0) is 22.2. The standard InChI is InChI=1S/C22H32N4O5/c27-18(21(30)24-11-5-4-10-23-20(29)16-8-9-16)19(28)22(31)26-14-12-25(13-15-26)17-6-2-1-3-7-17/h1-3,6-7,16,18-19,27-28H,4-5,8-15H2,(H,23,29)(H,24,30)/t18-,19-/m1/s1. The Kier molecular flexibility index (Phi) is 8.25. The van der Waals surface area contributed by atoms with Crippen molar-refractivity contribution in [3.63, 3.8) is 0 Å². The summed E-state index contributed by atoms with van der Waals surface area (Å²) in [5.74, 6) is -1.15. The average Bonchev–Trinajstić information content (AvgIpc) is 3.66. The van der Waals surface area contributed by atoms with E-state index in [1.165, 1.54) is 4.90 Å². The van der Waals surface area contributed by atoms with Crippen molar-refractivity contribution in [1.29, 1.82) is 0 Å². The lowest BCUT2D eigenvalue weighted by molar-refractivity contribution is -0.153. The number of piperazine rings is 1. The highest BCUT2D eigenvalue weighted by Crippen LogP contribution is 2.28. The van der Waals surface area contributed by atoms with Gasteiger partial charge in [0.15, 0.2) is 12.2 Å². The van der Waals surface area contributed by atoms with E-state index in [1.54, 1.807) is 0 Å². The number of amides is 3. The molecule has 0 bridgehead atoms. The van der Waals surface area contributed by atoms with Gasteiger partial charge in [-0.25, -0.2) is 0 Å². The number of anilines is 1. The maximum atomic E-state index is 12.5. The molecule has 0 unspecified atom stereocenters. The summed E-state index contributed by atoms with van der Waals surface area (Å²) < 4.78 is 0. The molecule has 1 aromatic rings. The van der Waals surface area contributed by atoms with E-state index in [2.05, 4.69) is 15.5 Å². The second-order valence-corrected chi connectivity index (χ2v) is 8.10. The Bertz CT molecular complexity index is 748. The number of carbonyl (C=O) groups excluding carboxylic acids is 3. The lowest BCUT2D eigenvalue weighted by Crippen LogP contribution is -2.55. The van der Waals surface area contributed by atoms with Crippen molar-refractivity contribution < 1.29 is 24.6 Å². The van der Waals surface area contributed by atoms with Crippen molar-refractivity contribution in [3.05, 3.63) is 30.3 Å². The Balaban J connectivity index is 1.32. The minimum absolute atomic E-state index is 0.0886. The number of hydrogen-bond acceptors (Lipinski definition) is 6. The molecule has 2 aliphatic rings. The van der Waals surface area contributed by atoms with E-state index in [1.807, 2.05) is 30.3 Å². The summed E-state index contributed by atoms with van der Waals surface area (Å²) in [6.07, 6.45) is -0.361. The molecule has 1 saturated heterocycles. The Morgan fingerprint density at radius 3 is 2.13 bits per heavy atom. The van der Waals surface area contributed by atoms with Gasteiger partial charge in [-0.05, 0) is 37.8 Å². The number of nitrogens with one attached hydrogen (secondary N) is 2. The van der Waals surface area contributed by atoms with Gasteiger partial charge in [0.1, 0.15) is 0 Å². The SMILES string of the molecule is O=C(NCCCCNC(=O)[C@H](O)[C@@H](O)C(=O)N1CCN(c2ccccc2)CC1)C1CC1. The Labute approximate surface area is 182 Å². The number of nitrogens with zero attached hydrogens (tertiary/aromatic N) is 2. The van der Waals surface area contributed by atoms with Crippen LogP contribution >= 0.6 is 0 Å². The minimum Gasteiger partial charge on any atom is -0.380 e. The summed E-state index contributed by atoms with van der Waals surface area (Å²) in [5, 5.41) is 25.6. The van der Waals surface area contributed by atoms with E-state index in [0.29, 0.717) is 52.1 Å². The first kappa shape index (κ1) is 23.0. The Hall–Kier alpha value is -2.65. The largest absolute Gasteiger partial charge is 0.380 e. The predicted octanol–water partition coefficient (Wildman–Crippen LogP) is -0.520. The van der Waals surface area contributed by atoms with Gasteiger partial charge in [-0.3, -0.25) is 14.4 Å². The summed E-state index contributed by atoms with van der Waals surface area (Å²) in [4.78, 5) is 39.7. The molecule has 2 atom stereocenters. The highest BCUT2D eigenvalue weighted by molar-refractivity contribution is 5.90. The molecule has 1 aromatic carbocycles. The van der Waals surface area contributed by atoms with E-state index in [-0.39, 0.29) is 11.8 Å². The van der Waals surface area contributed by atoms with Crippen LogP contribution in [0.25, 0.3) is 0 Å². The number of hydrogen-bond donors (Lipinski definition) is 4. The van der Waals surface area contributed by atoms with E-state index < -0.39 is 24.0 Å². The van der Waals surface area contributed by atoms with Crippen LogP contribution in [0.5, 0.6) is 0 Å². The third-order valence-corrected chi connectivity index (χ3v) is 5.68.